The zero-order chi connectivity index (χ0) is 18.4. The summed E-state index contributed by atoms with van der Waals surface area (Å²) in [5.41, 5.74) is 5.62. The second-order valence-corrected chi connectivity index (χ2v) is 4.85. The second-order valence-electron chi connectivity index (χ2n) is 4.85. The maximum absolute atomic E-state index is 9.78. The Morgan fingerprint density at radius 2 is 1.96 bits per heavy atom. The molecule has 0 saturated carbocycles. The Balaban J connectivity index is 0. The maximum atomic E-state index is 9.78. The average molecular weight is 333 g/mol. The van der Waals surface area contributed by atoms with Crippen molar-refractivity contribution in [2.24, 2.45) is 10.8 Å². The smallest absolute Gasteiger partial charge is 0.153 e. The molecule has 0 bridgehead atoms. The Hall–Kier alpha value is -0.990. The van der Waals surface area contributed by atoms with Crippen molar-refractivity contribution in [3.63, 3.8) is 0 Å². The van der Waals surface area contributed by atoms with Crippen LogP contribution in [0.1, 0.15) is 47.0 Å². The van der Waals surface area contributed by atoms with Gasteiger partial charge in [-0.1, -0.05) is 32.8 Å². The largest absolute Gasteiger partial charge is 0.394 e. The zero-order valence-corrected chi connectivity index (χ0v) is 15.1. The molecule has 5 N–H and O–H groups in total. The molecule has 4 unspecified atom stereocenters. The molecule has 0 aromatic carbocycles. The lowest BCUT2D eigenvalue weighted by Crippen LogP contribution is -2.53. The van der Waals surface area contributed by atoms with Gasteiger partial charge in [0.1, 0.15) is 12.2 Å². The monoisotopic (exact) mass is 333 g/mol. The first-order valence-corrected chi connectivity index (χ1v) is 8.15. The summed E-state index contributed by atoms with van der Waals surface area (Å²) in [5.74, 6) is 0. The molecular formula is C16H35N3O4. The van der Waals surface area contributed by atoms with Crippen molar-refractivity contribution in [2.75, 3.05) is 13.7 Å². The van der Waals surface area contributed by atoms with Crippen LogP contribution in [0.15, 0.2) is 16.9 Å². The van der Waals surface area contributed by atoms with Crippen LogP contribution in [-0.4, -0.2) is 65.2 Å². The molecule has 1 heterocycles. The Morgan fingerprint density at radius 3 is 2.39 bits per heavy atom. The number of allylic oxidation sites excluding steroid dienone is 1. The second kappa shape index (κ2) is 14.6. The molecule has 1 fully saturated rings. The molecule has 0 aromatic heterocycles. The number of rotatable bonds is 6. The van der Waals surface area contributed by atoms with E-state index < -0.39 is 24.5 Å². The molecule has 0 amide bonds. The van der Waals surface area contributed by atoms with Crippen LogP contribution in [0.2, 0.25) is 0 Å². The third-order valence-corrected chi connectivity index (χ3v) is 3.19. The first-order chi connectivity index (χ1) is 11.0. The summed E-state index contributed by atoms with van der Waals surface area (Å²) in [4.78, 5) is 0. The topological polar surface area (TPSA) is 112 Å². The van der Waals surface area contributed by atoms with Gasteiger partial charge in [0, 0.05) is 19.3 Å². The fraction of sp³-hybridized carbons (Fsp3) is 0.812. The van der Waals surface area contributed by atoms with E-state index in [-0.39, 0.29) is 13.0 Å². The first-order valence-electron chi connectivity index (χ1n) is 8.15. The van der Waals surface area contributed by atoms with E-state index in [0.29, 0.717) is 0 Å². The summed E-state index contributed by atoms with van der Waals surface area (Å²) >= 11 is 0. The summed E-state index contributed by atoms with van der Waals surface area (Å²) < 4.78 is 5.54. The summed E-state index contributed by atoms with van der Waals surface area (Å²) in [7, 11) is 1.50. The Labute approximate surface area is 140 Å². The van der Waals surface area contributed by atoms with Gasteiger partial charge in [-0.05, 0) is 20.4 Å². The molecular weight excluding hydrogens is 298 g/mol. The van der Waals surface area contributed by atoms with E-state index >= 15 is 0 Å². The zero-order valence-electron chi connectivity index (χ0n) is 15.1. The predicted molar refractivity (Wildman–Crippen MR) is 93.9 cm³/mol. The van der Waals surface area contributed by atoms with Gasteiger partial charge in [-0.15, -0.1) is 0 Å². The molecule has 7 nitrogen and oxygen atoms in total. The van der Waals surface area contributed by atoms with Crippen molar-refractivity contribution in [1.29, 1.82) is 0 Å². The third-order valence-electron chi connectivity index (χ3n) is 3.19. The van der Waals surface area contributed by atoms with Gasteiger partial charge in [0.15, 0.2) is 6.23 Å². The summed E-state index contributed by atoms with van der Waals surface area (Å²) in [5, 5.41) is 34.0. The molecule has 1 rings (SSSR count). The van der Waals surface area contributed by atoms with Crippen LogP contribution in [0.25, 0.3) is 0 Å². The van der Waals surface area contributed by atoms with Crippen LogP contribution in [0.4, 0.5) is 0 Å². The highest BCUT2D eigenvalue weighted by atomic mass is 16.5. The average Bonchev–Trinajstić information content (AvgIpc) is 2.59. The quantitative estimate of drug-likeness (QED) is 0.427. The molecule has 4 atom stereocenters. The van der Waals surface area contributed by atoms with Crippen LogP contribution in [0.5, 0.6) is 0 Å². The molecule has 0 aliphatic carbocycles. The number of aliphatic hydroxyl groups is 3. The third kappa shape index (κ3) is 8.43. The van der Waals surface area contributed by atoms with Crippen LogP contribution in [0, 0.1) is 0 Å². The number of aliphatic hydroxyl groups excluding tert-OH is 3. The van der Waals surface area contributed by atoms with Gasteiger partial charge in [-0.2, -0.15) is 5.10 Å². The van der Waals surface area contributed by atoms with E-state index in [2.05, 4.69) is 24.5 Å². The fourth-order valence-electron chi connectivity index (χ4n) is 2.15. The van der Waals surface area contributed by atoms with Crippen LogP contribution >= 0.6 is 0 Å². The van der Waals surface area contributed by atoms with Crippen molar-refractivity contribution >= 4 is 6.72 Å². The van der Waals surface area contributed by atoms with Crippen LogP contribution in [-0.2, 0) is 4.74 Å². The molecule has 0 spiro atoms. The predicted octanol–water partition coefficient (Wildman–Crippen LogP) is 1.04. The van der Waals surface area contributed by atoms with Crippen LogP contribution < -0.4 is 5.73 Å². The highest BCUT2D eigenvalue weighted by Crippen LogP contribution is 2.24. The number of ether oxygens (including phenoxy) is 1. The summed E-state index contributed by atoms with van der Waals surface area (Å²) in [6.07, 6.45) is 0.644. The summed E-state index contributed by atoms with van der Waals surface area (Å²) in [6, 6.07) is 0. The van der Waals surface area contributed by atoms with Gasteiger partial charge in [0.05, 0.1) is 12.7 Å². The molecule has 1 saturated heterocycles. The molecule has 0 radical (unpaired) electrons. The number of nitrogens with zero attached hydrogens (tertiary/aromatic N) is 2. The van der Waals surface area contributed by atoms with E-state index in [1.807, 2.05) is 27.0 Å². The van der Waals surface area contributed by atoms with Crippen LogP contribution in [0.3, 0.4) is 0 Å². The lowest BCUT2D eigenvalue weighted by molar-refractivity contribution is -0.210. The number of nitrogens with two attached hydrogens (primary N) is 1. The Bertz CT molecular complexity index is 326. The molecule has 0 aromatic rings. The maximum Gasteiger partial charge on any atom is 0.153 e. The number of hydrazone groups is 1. The fourth-order valence-corrected chi connectivity index (χ4v) is 2.15. The standard InChI is InChI=1S/C13H24N2O4.C2H6.CH5N/c1-4-5-9(2)7-15(14-3)12-6-10(17)13(18)11(8-16)19-12;2*1-2/h7,10-13,16-18H,3-6,8H2,1-2H3;1-2H3;2H2,1H3/b9-7-;;. The minimum absolute atomic E-state index is 0.215. The number of hydrogen-bond donors (Lipinski definition) is 4. The van der Waals surface area contributed by atoms with Crippen molar-refractivity contribution in [3.05, 3.63) is 11.8 Å². The number of hydrogen-bond acceptors (Lipinski definition) is 7. The highest BCUT2D eigenvalue weighted by molar-refractivity contribution is 5.23. The van der Waals surface area contributed by atoms with Crippen molar-refractivity contribution < 1.29 is 20.1 Å². The summed E-state index contributed by atoms with van der Waals surface area (Å²) in [6.45, 7) is 11.2. The SMILES string of the molecule is C=NN(/C=C(/C)CCC)C1CC(O)C(O)C(CO)O1.CC.CN. The molecule has 7 heteroatoms. The van der Waals surface area contributed by atoms with Gasteiger partial charge in [-0.25, -0.2) is 5.01 Å². The van der Waals surface area contributed by atoms with E-state index in [1.165, 1.54) is 12.1 Å². The normalized spacial score (nSPS) is 27.1. The molecule has 23 heavy (non-hydrogen) atoms. The van der Waals surface area contributed by atoms with E-state index in [9.17, 15) is 10.2 Å². The van der Waals surface area contributed by atoms with Gasteiger partial charge in [-0.3, -0.25) is 0 Å². The minimum Gasteiger partial charge on any atom is -0.394 e. The van der Waals surface area contributed by atoms with Crippen molar-refractivity contribution in [2.45, 2.75) is 71.5 Å². The van der Waals surface area contributed by atoms with E-state index in [4.69, 9.17) is 9.84 Å². The van der Waals surface area contributed by atoms with E-state index in [0.717, 1.165) is 18.4 Å². The van der Waals surface area contributed by atoms with Gasteiger partial charge >= 0.3 is 0 Å². The van der Waals surface area contributed by atoms with E-state index in [1.54, 1.807) is 0 Å². The van der Waals surface area contributed by atoms with Crippen molar-refractivity contribution in [1.82, 2.24) is 5.01 Å². The van der Waals surface area contributed by atoms with Gasteiger partial charge in [0.2, 0.25) is 0 Å². The lowest BCUT2D eigenvalue weighted by atomic mass is 10.0. The molecule has 1 aliphatic rings. The highest BCUT2D eigenvalue weighted by Gasteiger charge is 2.38. The van der Waals surface area contributed by atoms with Crippen molar-refractivity contribution in [3.8, 4) is 0 Å². The molecule has 138 valence electrons. The minimum atomic E-state index is -1.08. The Morgan fingerprint density at radius 1 is 1.39 bits per heavy atom. The first kappa shape index (κ1) is 24.3. The van der Waals surface area contributed by atoms with Gasteiger partial charge in [0.25, 0.3) is 0 Å². The van der Waals surface area contributed by atoms with Gasteiger partial charge < -0.3 is 25.8 Å². The Kier molecular flexibility index (Phi) is 15.4. The lowest BCUT2D eigenvalue weighted by Gasteiger charge is -2.39. The molecule has 1 aliphatic heterocycles.